The lowest BCUT2D eigenvalue weighted by Crippen LogP contribution is -2.29. The number of carbonyl (C=O) groups excluding carboxylic acids is 1. The van der Waals surface area contributed by atoms with Crippen LogP contribution in [0.25, 0.3) is 0 Å². The minimum absolute atomic E-state index is 0.0180. The van der Waals surface area contributed by atoms with E-state index in [0.717, 1.165) is 14.6 Å². The predicted octanol–water partition coefficient (Wildman–Crippen LogP) is 3.37. The zero-order valence-corrected chi connectivity index (χ0v) is 14.2. The van der Waals surface area contributed by atoms with Gasteiger partial charge in [-0.2, -0.15) is 0 Å². The van der Waals surface area contributed by atoms with Crippen molar-refractivity contribution in [2.24, 2.45) is 0 Å². The van der Waals surface area contributed by atoms with Crippen LogP contribution < -0.4 is 5.32 Å². The van der Waals surface area contributed by atoms with Gasteiger partial charge >= 0.3 is 0 Å². The largest absolute Gasteiger partial charge is 0.383 e. The van der Waals surface area contributed by atoms with Crippen molar-refractivity contribution in [2.45, 2.75) is 0 Å². The molecule has 7 heteroatoms. The molecular formula is C14H16BrN3O2S. The number of hydrogen-bond acceptors (Lipinski definition) is 5. The Kier molecular flexibility index (Phi) is 5.72. The fraction of sp³-hybridized carbons (Fsp3) is 0.286. The quantitative estimate of drug-likeness (QED) is 0.847. The first-order valence-electron chi connectivity index (χ1n) is 6.33. The highest BCUT2D eigenvalue weighted by Gasteiger charge is 2.11. The second-order valence-corrected chi connectivity index (χ2v) is 6.80. The van der Waals surface area contributed by atoms with E-state index in [1.165, 1.54) is 11.3 Å². The van der Waals surface area contributed by atoms with E-state index in [1.807, 2.05) is 12.1 Å². The van der Waals surface area contributed by atoms with Gasteiger partial charge in [0, 0.05) is 32.0 Å². The summed E-state index contributed by atoms with van der Waals surface area (Å²) in [7, 11) is 3.39. The fourth-order valence-corrected chi connectivity index (χ4v) is 2.81. The molecule has 1 aromatic heterocycles. The van der Waals surface area contributed by atoms with E-state index in [1.54, 1.807) is 37.4 Å². The Morgan fingerprint density at radius 2 is 2.14 bits per heavy atom. The second kappa shape index (κ2) is 7.53. The second-order valence-electron chi connectivity index (χ2n) is 4.39. The van der Waals surface area contributed by atoms with Crippen LogP contribution in [0.1, 0.15) is 10.4 Å². The maximum Gasteiger partial charge on any atom is 0.253 e. The number of carbonyl (C=O) groups is 1. The normalized spacial score (nSPS) is 10.4. The molecule has 5 nitrogen and oxygen atoms in total. The molecule has 2 rings (SSSR count). The maximum atomic E-state index is 12.2. The van der Waals surface area contributed by atoms with Crippen LogP contribution >= 0.6 is 27.3 Å². The summed E-state index contributed by atoms with van der Waals surface area (Å²) in [4.78, 5) is 18.0. The molecule has 2 aromatic rings. The zero-order valence-electron chi connectivity index (χ0n) is 11.8. The van der Waals surface area contributed by atoms with Gasteiger partial charge in [0.05, 0.1) is 16.6 Å². The van der Waals surface area contributed by atoms with Crippen molar-refractivity contribution >= 4 is 44.0 Å². The van der Waals surface area contributed by atoms with Gasteiger partial charge in [-0.3, -0.25) is 4.79 Å². The van der Waals surface area contributed by atoms with Crippen LogP contribution in [0, 0.1) is 0 Å². The van der Waals surface area contributed by atoms with Crippen molar-refractivity contribution in [1.82, 2.24) is 9.88 Å². The van der Waals surface area contributed by atoms with Crippen molar-refractivity contribution in [3.63, 3.8) is 0 Å². The van der Waals surface area contributed by atoms with E-state index in [-0.39, 0.29) is 5.91 Å². The van der Waals surface area contributed by atoms with Gasteiger partial charge in [0.1, 0.15) is 0 Å². The maximum absolute atomic E-state index is 12.2. The molecule has 0 aliphatic carbocycles. The van der Waals surface area contributed by atoms with E-state index < -0.39 is 0 Å². The zero-order chi connectivity index (χ0) is 15.2. The third-order valence-corrected chi connectivity index (χ3v) is 4.23. The molecular weight excluding hydrogens is 354 g/mol. The summed E-state index contributed by atoms with van der Waals surface area (Å²) in [6.45, 7) is 1.10. The van der Waals surface area contributed by atoms with Gasteiger partial charge in [0.15, 0.2) is 5.13 Å². The summed E-state index contributed by atoms with van der Waals surface area (Å²) in [5, 5.41) is 3.99. The lowest BCUT2D eigenvalue weighted by atomic mass is 10.2. The number of nitrogens with zero attached hydrogens (tertiary/aromatic N) is 2. The number of hydrogen-bond donors (Lipinski definition) is 1. The topological polar surface area (TPSA) is 54.5 Å². The monoisotopic (exact) mass is 369 g/mol. The van der Waals surface area contributed by atoms with E-state index in [0.29, 0.717) is 18.7 Å². The number of rotatable bonds is 6. The number of amides is 1. The number of aromatic nitrogens is 1. The Balaban J connectivity index is 1.99. The molecule has 1 N–H and O–H groups in total. The number of ether oxygens (including phenoxy) is 1. The Labute approximate surface area is 136 Å². The molecule has 0 saturated heterocycles. The average Bonchev–Trinajstić information content (AvgIpc) is 2.90. The van der Waals surface area contributed by atoms with Crippen molar-refractivity contribution in [2.75, 3.05) is 32.6 Å². The molecule has 0 atom stereocenters. The number of methoxy groups -OCH3 is 1. The van der Waals surface area contributed by atoms with Crippen LogP contribution in [0.4, 0.5) is 10.8 Å². The Morgan fingerprint density at radius 3 is 2.71 bits per heavy atom. The summed E-state index contributed by atoms with van der Waals surface area (Å²) in [6.07, 6.45) is 1.75. The predicted molar refractivity (Wildman–Crippen MR) is 88.4 cm³/mol. The van der Waals surface area contributed by atoms with Gasteiger partial charge in [-0.05, 0) is 40.2 Å². The summed E-state index contributed by atoms with van der Waals surface area (Å²) >= 11 is 4.88. The van der Waals surface area contributed by atoms with Crippen LogP contribution in [0.5, 0.6) is 0 Å². The number of thiazole rings is 1. The molecule has 1 heterocycles. The molecule has 0 radical (unpaired) electrons. The van der Waals surface area contributed by atoms with Crippen LogP contribution in [0.2, 0.25) is 0 Å². The fourth-order valence-electron chi connectivity index (χ4n) is 1.68. The van der Waals surface area contributed by atoms with Crippen molar-refractivity contribution in [3.05, 3.63) is 39.8 Å². The average molecular weight is 370 g/mol. The van der Waals surface area contributed by atoms with Gasteiger partial charge in [-0.15, -0.1) is 0 Å². The standard InChI is InChI=1S/C14H16BrN3O2S/c1-18(7-8-20-2)13(19)10-3-5-11(6-4-10)17-14-16-9-12(15)21-14/h3-6,9H,7-8H2,1-2H3,(H,16,17). The van der Waals surface area contributed by atoms with E-state index >= 15 is 0 Å². The molecule has 0 fully saturated rings. The summed E-state index contributed by atoms with van der Waals surface area (Å²) in [5.41, 5.74) is 1.55. The van der Waals surface area contributed by atoms with E-state index in [2.05, 4.69) is 26.2 Å². The summed E-state index contributed by atoms with van der Waals surface area (Å²) < 4.78 is 5.94. The molecule has 0 saturated carbocycles. The van der Waals surface area contributed by atoms with Crippen LogP contribution in [0.15, 0.2) is 34.2 Å². The third-order valence-electron chi connectivity index (χ3n) is 2.84. The van der Waals surface area contributed by atoms with Gasteiger partial charge < -0.3 is 15.0 Å². The van der Waals surface area contributed by atoms with Crippen LogP contribution in [-0.4, -0.2) is 43.1 Å². The molecule has 1 aromatic carbocycles. The summed E-state index contributed by atoms with van der Waals surface area (Å²) in [6, 6.07) is 7.34. The highest BCUT2D eigenvalue weighted by molar-refractivity contribution is 9.11. The minimum atomic E-state index is -0.0180. The molecule has 0 spiro atoms. The lowest BCUT2D eigenvalue weighted by Gasteiger charge is -2.16. The first-order chi connectivity index (χ1) is 10.1. The molecule has 0 aliphatic rings. The first kappa shape index (κ1) is 15.9. The minimum Gasteiger partial charge on any atom is -0.383 e. The van der Waals surface area contributed by atoms with Crippen molar-refractivity contribution in [1.29, 1.82) is 0 Å². The number of halogens is 1. The van der Waals surface area contributed by atoms with Crippen LogP contribution in [-0.2, 0) is 4.74 Å². The Hall–Kier alpha value is -1.44. The number of nitrogens with one attached hydrogen (secondary N) is 1. The molecule has 0 unspecified atom stereocenters. The number of anilines is 2. The third kappa shape index (κ3) is 4.52. The van der Waals surface area contributed by atoms with Crippen molar-refractivity contribution < 1.29 is 9.53 Å². The van der Waals surface area contributed by atoms with Gasteiger partial charge in [-0.1, -0.05) is 11.3 Å². The highest BCUT2D eigenvalue weighted by atomic mass is 79.9. The van der Waals surface area contributed by atoms with Gasteiger partial charge in [0.2, 0.25) is 0 Å². The molecule has 0 aliphatic heterocycles. The Bertz CT molecular complexity index is 601. The SMILES string of the molecule is COCCN(C)C(=O)c1ccc(Nc2ncc(Br)s2)cc1. The van der Waals surface area contributed by atoms with Crippen molar-refractivity contribution in [3.8, 4) is 0 Å². The number of benzene rings is 1. The molecule has 0 bridgehead atoms. The van der Waals surface area contributed by atoms with Crippen LogP contribution in [0.3, 0.4) is 0 Å². The van der Waals surface area contributed by atoms with Gasteiger partial charge in [-0.25, -0.2) is 4.98 Å². The van der Waals surface area contributed by atoms with E-state index in [9.17, 15) is 4.79 Å². The Morgan fingerprint density at radius 1 is 1.43 bits per heavy atom. The first-order valence-corrected chi connectivity index (χ1v) is 7.94. The van der Waals surface area contributed by atoms with Gasteiger partial charge in [0.25, 0.3) is 5.91 Å². The number of likely N-dealkylation sites (N-methyl/N-ethyl adjacent to an activating group) is 1. The smallest absolute Gasteiger partial charge is 0.253 e. The van der Waals surface area contributed by atoms with E-state index in [4.69, 9.17) is 4.74 Å². The molecule has 112 valence electrons. The molecule has 21 heavy (non-hydrogen) atoms. The molecule has 1 amide bonds. The highest BCUT2D eigenvalue weighted by Crippen LogP contribution is 2.26. The lowest BCUT2D eigenvalue weighted by molar-refractivity contribution is 0.0744. The summed E-state index contributed by atoms with van der Waals surface area (Å²) in [5.74, 6) is -0.0180.